The van der Waals surface area contributed by atoms with Gasteiger partial charge in [-0.1, -0.05) is 0 Å². The molecule has 0 aromatic rings. The Morgan fingerprint density at radius 1 is 1.27 bits per heavy atom. The number of halogens is 4. The molecule has 1 N–H and O–H groups in total. The quantitative estimate of drug-likeness (QED) is 0.233. The van der Waals surface area contributed by atoms with Crippen molar-refractivity contribution >= 4 is 29.9 Å². The number of nitrogens with zero attached hydrogens (tertiary/aromatic N) is 3. The van der Waals surface area contributed by atoms with Crippen molar-refractivity contribution in [3.8, 4) is 0 Å². The first-order valence-corrected chi connectivity index (χ1v) is 9.23. The van der Waals surface area contributed by atoms with E-state index < -0.39 is 12.7 Å². The van der Waals surface area contributed by atoms with Crippen LogP contribution in [0.5, 0.6) is 0 Å². The summed E-state index contributed by atoms with van der Waals surface area (Å²) in [6.07, 6.45) is -0.777. The van der Waals surface area contributed by atoms with Gasteiger partial charge in [0, 0.05) is 39.8 Å². The summed E-state index contributed by atoms with van der Waals surface area (Å²) in [7, 11) is 1.96. The first-order valence-electron chi connectivity index (χ1n) is 9.23. The van der Waals surface area contributed by atoms with E-state index in [1.807, 2.05) is 18.9 Å². The lowest BCUT2D eigenvalue weighted by atomic mass is 10.1. The van der Waals surface area contributed by atoms with E-state index in [0.29, 0.717) is 26.2 Å². The second-order valence-electron chi connectivity index (χ2n) is 7.14. The van der Waals surface area contributed by atoms with Crippen LogP contribution >= 0.6 is 24.0 Å². The summed E-state index contributed by atoms with van der Waals surface area (Å²) in [6.45, 7) is 5.75. The minimum absolute atomic E-state index is 0. The van der Waals surface area contributed by atoms with Crippen LogP contribution in [0.1, 0.15) is 26.2 Å². The molecule has 0 spiro atoms. The molecule has 2 rings (SSSR count). The first-order chi connectivity index (χ1) is 11.9. The van der Waals surface area contributed by atoms with Crippen molar-refractivity contribution in [1.29, 1.82) is 0 Å². The van der Waals surface area contributed by atoms with Crippen molar-refractivity contribution < 1.29 is 17.9 Å². The predicted octanol–water partition coefficient (Wildman–Crippen LogP) is 2.81. The fourth-order valence-electron chi connectivity index (χ4n) is 2.99. The maximum atomic E-state index is 12.5. The molecule has 0 radical (unpaired) electrons. The Morgan fingerprint density at radius 3 is 2.62 bits per heavy atom. The molecule has 26 heavy (non-hydrogen) atoms. The largest absolute Gasteiger partial charge is 0.401 e. The van der Waals surface area contributed by atoms with Gasteiger partial charge in [0.2, 0.25) is 0 Å². The van der Waals surface area contributed by atoms with E-state index in [1.165, 1.54) is 17.7 Å². The molecule has 0 aromatic carbocycles. The van der Waals surface area contributed by atoms with Crippen LogP contribution in [0.2, 0.25) is 0 Å². The summed E-state index contributed by atoms with van der Waals surface area (Å²) in [4.78, 5) is 8.12. The number of alkyl halides is 3. The Bertz CT molecular complexity index is 433. The van der Waals surface area contributed by atoms with E-state index in [2.05, 4.69) is 10.3 Å². The molecule has 1 atom stereocenters. The summed E-state index contributed by atoms with van der Waals surface area (Å²) < 4.78 is 43.0. The maximum Gasteiger partial charge on any atom is 0.401 e. The molecule has 0 aromatic heterocycles. The fraction of sp³-hybridized carbons (Fsp3) is 0.941. The van der Waals surface area contributed by atoms with Gasteiger partial charge in [0.1, 0.15) is 0 Å². The number of likely N-dealkylation sites (N-methyl/N-ethyl adjacent to an activating group) is 1. The number of aliphatic imine (C=N–C) groups is 1. The van der Waals surface area contributed by atoms with Gasteiger partial charge < -0.3 is 15.0 Å². The Labute approximate surface area is 171 Å². The highest BCUT2D eigenvalue weighted by atomic mass is 127. The Balaban J connectivity index is 0.00000338. The summed E-state index contributed by atoms with van der Waals surface area (Å²) in [5.41, 5.74) is 0. The van der Waals surface area contributed by atoms with Gasteiger partial charge in [0.25, 0.3) is 0 Å². The summed E-state index contributed by atoms with van der Waals surface area (Å²) in [5.74, 6) is 1.75. The zero-order chi connectivity index (χ0) is 18.3. The van der Waals surface area contributed by atoms with Gasteiger partial charge in [-0.3, -0.25) is 9.89 Å². The first kappa shape index (κ1) is 23.7. The van der Waals surface area contributed by atoms with Crippen molar-refractivity contribution in [1.82, 2.24) is 15.1 Å². The van der Waals surface area contributed by atoms with Gasteiger partial charge in [-0.2, -0.15) is 13.2 Å². The zero-order valence-corrected chi connectivity index (χ0v) is 18.1. The number of guanidine groups is 1. The topological polar surface area (TPSA) is 40.1 Å². The normalized spacial score (nSPS) is 21.6. The van der Waals surface area contributed by atoms with Crippen LogP contribution in [0, 0.1) is 11.8 Å². The Kier molecular flexibility index (Phi) is 10.5. The van der Waals surface area contributed by atoms with Gasteiger partial charge in [-0.15, -0.1) is 24.0 Å². The third kappa shape index (κ3) is 9.59. The lowest BCUT2D eigenvalue weighted by molar-refractivity contribution is -0.143. The molecule has 1 unspecified atom stereocenters. The highest BCUT2D eigenvalue weighted by Gasteiger charge is 2.34. The molecule has 1 saturated carbocycles. The molecule has 1 saturated heterocycles. The smallest absolute Gasteiger partial charge is 0.379 e. The molecule has 9 heteroatoms. The highest BCUT2D eigenvalue weighted by Crippen LogP contribution is 2.28. The molecule has 0 bridgehead atoms. The number of ether oxygens (including phenoxy) is 1. The third-order valence-corrected chi connectivity index (χ3v) is 4.59. The number of likely N-dealkylation sites (tertiary alicyclic amines) is 1. The highest BCUT2D eigenvalue weighted by molar-refractivity contribution is 14.0. The number of hydrogen-bond donors (Lipinski definition) is 1. The molecule has 0 amide bonds. The number of nitrogens with one attached hydrogen (secondary N) is 1. The van der Waals surface area contributed by atoms with Crippen LogP contribution in [-0.4, -0.2) is 81.5 Å². The van der Waals surface area contributed by atoms with E-state index >= 15 is 0 Å². The monoisotopic (exact) mass is 492 g/mol. The van der Waals surface area contributed by atoms with Crippen molar-refractivity contribution in [2.24, 2.45) is 16.8 Å². The van der Waals surface area contributed by atoms with Crippen LogP contribution in [-0.2, 0) is 4.74 Å². The minimum atomic E-state index is -4.12. The molecule has 5 nitrogen and oxygen atoms in total. The van der Waals surface area contributed by atoms with E-state index in [1.54, 1.807) is 0 Å². The predicted molar refractivity (Wildman–Crippen MR) is 108 cm³/mol. The third-order valence-electron chi connectivity index (χ3n) is 4.59. The van der Waals surface area contributed by atoms with Gasteiger partial charge in [-0.05, 0) is 44.6 Å². The maximum absolute atomic E-state index is 12.5. The standard InChI is InChI=1S/C17H31F3N4O.HI/c1-3-21-16(23(2)8-9-25-12-14-4-5-14)22-10-15-6-7-24(11-15)13-17(18,19)20;/h14-15H,3-13H2,1-2H3,(H,21,22);1H. The minimum Gasteiger partial charge on any atom is -0.379 e. The van der Waals surface area contributed by atoms with Crippen LogP contribution < -0.4 is 5.32 Å². The van der Waals surface area contributed by atoms with Crippen LogP contribution in [0.4, 0.5) is 13.2 Å². The second kappa shape index (κ2) is 11.5. The van der Waals surface area contributed by atoms with Crippen molar-refractivity contribution in [2.75, 3.05) is 59.5 Å². The molecule has 1 heterocycles. The molecule has 2 fully saturated rings. The van der Waals surface area contributed by atoms with Gasteiger partial charge >= 0.3 is 6.18 Å². The van der Waals surface area contributed by atoms with Crippen molar-refractivity contribution in [3.05, 3.63) is 0 Å². The fourth-order valence-corrected chi connectivity index (χ4v) is 2.99. The summed E-state index contributed by atoms with van der Waals surface area (Å²) in [5, 5.41) is 3.24. The molecular formula is C17H32F3IN4O. The average Bonchev–Trinajstić information content (AvgIpc) is 3.26. The summed E-state index contributed by atoms with van der Waals surface area (Å²) in [6, 6.07) is 0. The molecular weight excluding hydrogens is 460 g/mol. The molecule has 1 aliphatic carbocycles. The Hall–Kier alpha value is -0.290. The van der Waals surface area contributed by atoms with E-state index in [0.717, 1.165) is 38.0 Å². The van der Waals surface area contributed by atoms with Gasteiger partial charge in [0.15, 0.2) is 5.96 Å². The lowest BCUT2D eigenvalue weighted by Crippen LogP contribution is -2.41. The lowest BCUT2D eigenvalue weighted by Gasteiger charge is -2.22. The molecule has 1 aliphatic heterocycles. The molecule has 2 aliphatic rings. The average molecular weight is 492 g/mol. The van der Waals surface area contributed by atoms with Crippen LogP contribution in [0.15, 0.2) is 4.99 Å². The van der Waals surface area contributed by atoms with Crippen molar-refractivity contribution in [3.63, 3.8) is 0 Å². The zero-order valence-electron chi connectivity index (χ0n) is 15.7. The van der Waals surface area contributed by atoms with Crippen LogP contribution in [0.25, 0.3) is 0 Å². The van der Waals surface area contributed by atoms with E-state index in [4.69, 9.17) is 4.74 Å². The van der Waals surface area contributed by atoms with E-state index in [-0.39, 0.29) is 29.9 Å². The van der Waals surface area contributed by atoms with Crippen molar-refractivity contribution in [2.45, 2.75) is 32.4 Å². The van der Waals surface area contributed by atoms with E-state index in [9.17, 15) is 13.2 Å². The Morgan fingerprint density at radius 2 is 2.00 bits per heavy atom. The molecule has 154 valence electrons. The van der Waals surface area contributed by atoms with Gasteiger partial charge in [-0.25, -0.2) is 0 Å². The number of hydrogen-bond acceptors (Lipinski definition) is 3. The number of rotatable bonds is 9. The van der Waals surface area contributed by atoms with Gasteiger partial charge in [0.05, 0.1) is 13.2 Å². The van der Waals surface area contributed by atoms with Crippen LogP contribution in [0.3, 0.4) is 0 Å². The second-order valence-corrected chi connectivity index (χ2v) is 7.14. The summed E-state index contributed by atoms with van der Waals surface area (Å²) >= 11 is 0. The SMILES string of the molecule is CCNC(=NCC1CCN(CC(F)(F)F)C1)N(C)CCOCC1CC1.I.